The molecule has 116 valence electrons. The van der Waals surface area contributed by atoms with E-state index >= 15 is 0 Å². The Labute approximate surface area is 123 Å². The number of hydrogen-bond acceptors (Lipinski definition) is 3. The number of carbonyl (C=O) groups is 1. The normalized spacial score (nSPS) is 11.1. The van der Waals surface area contributed by atoms with Gasteiger partial charge in [-0.1, -0.05) is 24.3 Å². The molecule has 0 saturated carbocycles. The Morgan fingerprint density at radius 1 is 1.09 bits per heavy atom. The van der Waals surface area contributed by atoms with E-state index in [1.165, 1.54) is 43.5 Å². The minimum Gasteiger partial charge on any atom is -0.496 e. The molecule has 0 fully saturated rings. The molecular formula is C15H11F3O4. The third kappa shape index (κ3) is 3.49. The summed E-state index contributed by atoms with van der Waals surface area (Å²) in [7, 11) is 1.31. The summed E-state index contributed by atoms with van der Waals surface area (Å²) < 4.78 is 46.2. The number of para-hydroxylation sites is 1. The van der Waals surface area contributed by atoms with Crippen LogP contribution in [-0.2, 0) is 0 Å². The first-order chi connectivity index (χ1) is 10.3. The van der Waals surface area contributed by atoms with Crippen molar-refractivity contribution in [2.24, 2.45) is 0 Å². The van der Waals surface area contributed by atoms with Crippen LogP contribution in [0.15, 0.2) is 42.5 Å². The Morgan fingerprint density at radius 3 is 2.36 bits per heavy atom. The van der Waals surface area contributed by atoms with Gasteiger partial charge < -0.3 is 14.6 Å². The maximum Gasteiger partial charge on any atom is 0.573 e. The van der Waals surface area contributed by atoms with Crippen LogP contribution in [0.3, 0.4) is 0 Å². The van der Waals surface area contributed by atoms with Crippen molar-refractivity contribution in [1.29, 1.82) is 0 Å². The fourth-order valence-corrected chi connectivity index (χ4v) is 1.96. The van der Waals surface area contributed by atoms with E-state index in [2.05, 4.69) is 4.74 Å². The summed E-state index contributed by atoms with van der Waals surface area (Å²) >= 11 is 0. The van der Waals surface area contributed by atoms with Crippen molar-refractivity contribution in [2.75, 3.05) is 7.11 Å². The van der Waals surface area contributed by atoms with E-state index in [-0.39, 0.29) is 22.4 Å². The molecule has 2 aromatic rings. The predicted octanol–water partition coefficient (Wildman–Crippen LogP) is 3.96. The highest BCUT2D eigenvalue weighted by molar-refractivity contribution is 5.93. The standard InChI is InChI=1S/C15H11F3O4/c1-21-12-7-6-9(8-11(12)14(19)20)10-4-2-3-5-13(10)22-15(16,17)18/h2-8H,1H3,(H,19,20). The number of carboxylic acid groups (broad SMARTS) is 1. The van der Waals surface area contributed by atoms with Crippen LogP contribution < -0.4 is 9.47 Å². The number of rotatable bonds is 4. The molecule has 0 saturated heterocycles. The predicted molar refractivity (Wildman–Crippen MR) is 72.1 cm³/mol. The second-order valence-corrected chi connectivity index (χ2v) is 4.26. The van der Waals surface area contributed by atoms with Gasteiger partial charge in [0.05, 0.1) is 7.11 Å². The van der Waals surface area contributed by atoms with E-state index in [9.17, 15) is 18.0 Å². The zero-order chi connectivity index (χ0) is 16.3. The number of alkyl halides is 3. The summed E-state index contributed by atoms with van der Waals surface area (Å²) in [5.41, 5.74) is 0.254. The van der Waals surface area contributed by atoms with Gasteiger partial charge in [0.25, 0.3) is 0 Å². The zero-order valence-corrected chi connectivity index (χ0v) is 11.3. The summed E-state index contributed by atoms with van der Waals surface area (Å²) in [6.45, 7) is 0. The van der Waals surface area contributed by atoms with Crippen LogP contribution in [0.25, 0.3) is 11.1 Å². The van der Waals surface area contributed by atoms with Crippen molar-refractivity contribution >= 4 is 5.97 Å². The number of methoxy groups -OCH3 is 1. The smallest absolute Gasteiger partial charge is 0.496 e. The van der Waals surface area contributed by atoms with Crippen LogP contribution in [0.2, 0.25) is 0 Å². The van der Waals surface area contributed by atoms with E-state index in [0.717, 1.165) is 6.07 Å². The van der Waals surface area contributed by atoms with Gasteiger partial charge in [-0.25, -0.2) is 4.79 Å². The number of hydrogen-bond donors (Lipinski definition) is 1. The summed E-state index contributed by atoms with van der Waals surface area (Å²) in [5.74, 6) is -1.53. The van der Waals surface area contributed by atoms with E-state index in [1.807, 2.05) is 0 Å². The molecule has 0 radical (unpaired) electrons. The first-order valence-corrected chi connectivity index (χ1v) is 6.08. The van der Waals surface area contributed by atoms with Crippen LogP contribution in [0.5, 0.6) is 11.5 Å². The highest BCUT2D eigenvalue weighted by Crippen LogP contribution is 2.35. The number of halogens is 3. The maximum absolute atomic E-state index is 12.4. The average molecular weight is 312 g/mol. The highest BCUT2D eigenvalue weighted by Gasteiger charge is 2.32. The van der Waals surface area contributed by atoms with Crippen molar-refractivity contribution < 1.29 is 32.5 Å². The fourth-order valence-electron chi connectivity index (χ4n) is 1.96. The van der Waals surface area contributed by atoms with Gasteiger partial charge in [0.2, 0.25) is 0 Å². The lowest BCUT2D eigenvalue weighted by atomic mass is 10.0. The van der Waals surface area contributed by atoms with Gasteiger partial charge in [-0.15, -0.1) is 13.2 Å². The Morgan fingerprint density at radius 2 is 1.77 bits per heavy atom. The third-order valence-electron chi connectivity index (χ3n) is 2.85. The molecule has 1 N–H and O–H groups in total. The molecule has 0 unspecified atom stereocenters. The zero-order valence-electron chi connectivity index (χ0n) is 11.3. The van der Waals surface area contributed by atoms with Crippen molar-refractivity contribution in [2.45, 2.75) is 6.36 Å². The second kappa shape index (κ2) is 5.97. The Balaban J connectivity index is 2.53. The molecule has 22 heavy (non-hydrogen) atoms. The SMILES string of the molecule is COc1ccc(-c2ccccc2OC(F)(F)F)cc1C(=O)O. The molecule has 0 aromatic heterocycles. The van der Waals surface area contributed by atoms with Crippen molar-refractivity contribution in [3.05, 3.63) is 48.0 Å². The number of benzene rings is 2. The first kappa shape index (κ1) is 15.7. The van der Waals surface area contributed by atoms with Gasteiger partial charge in [-0.05, 0) is 23.8 Å². The Kier molecular flexibility index (Phi) is 4.25. The second-order valence-electron chi connectivity index (χ2n) is 4.26. The quantitative estimate of drug-likeness (QED) is 0.928. The Bertz CT molecular complexity index is 695. The van der Waals surface area contributed by atoms with Gasteiger partial charge in [-0.2, -0.15) is 0 Å². The van der Waals surface area contributed by atoms with Crippen LogP contribution in [0.4, 0.5) is 13.2 Å². The maximum atomic E-state index is 12.4. The molecule has 0 heterocycles. The van der Waals surface area contributed by atoms with Gasteiger partial charge in [0.1, 0.15) is 17.1 Å². The number of aromatic carboxylic acids is 1. The van der Waals surface area contributed by atoms with Gasteiger partial charge in [0, 0.05) is 5.56 Å². The van der Waals surface area contributed by atoms with Gasteiger partial charge in [-0.3, -0.25) is 0 Å². The van der Waals surface area contributed by atoms with E-state index in [4.69, 9.17) is 9.84 Å². The van der Waals surface area contributed by atoms with E-state index in [0.29, 0.717) is 0 Å². The molecule has 0 spiro atoms. The van der Waals surface area contributed by atoms with Crippen molar-refractivity contribution in [3.8, 4) is 22.6 Å². The van der Waals surface area contributed by atoms with Crippen molar-refractivity contribution in [1.82, 2.24) is 0 Å². The lowest BCUT2D eigenvalue weighted by Crippen LogP contribution is -2.17. The van der Waals surface area contributed by atoms with Crippen LogP contribution in [-0.4, -0.2) is 24.5 Å². The lowest BCUT2D eigenvalue weighted by Gasteiger charge is -2.14. The topological polar surface area (TPSA) is 55.8 Å². The molecule has 0 bridgehead atoms. The molecule has 7 heteroatoms. The molecule has 0 atom stereocenters. The fraction of sp³-hybridized carbons (Fsp3) is 0.133. The summed E-state index contributed by atoms with van der Waals surface area (Å²) in [6, 6.07) is 9.57. The van der Waals surface area contributed by atoms with E-state index < -0.39 is 18.1 Å². The van der Waals surface area contributed by atoms with Gasteiger partial charge in [0.15, 0.2) is 0 Å². The number of ether oxygens (including phenoxy) is 2. The summed E-state index contributed by atoms with van der Waals surface area (Å²) in [5, 5.41) is 9.13. The number of carboxylic acids is 1. The molecular weight excluding hydrogens is 301 g/mol. The van der Waals surface area contributed by atoms with Gasteiger partial charge >= 0.3 is 12.3 Å². The molecule has 2 aromatic carbocycles. The van der Waals surface area contributed by atoms with Crippen LogP contribution in [0.1, 0.15) is 10.4 Å². The Hall–Kier alpha value is -2.70. The molecule has 2 rings (SSSR count). The largest absolute Gasteiger partial charge is 0.573 e. The van der Waals surface area contributed by atoms with E-state index in [1.54, 1.807) is 0 Å². The van der Waals surface area contributed by atoms with Crippen molar-refractivity contribution in [3.63, 3.8) is 0 Å². The molecule has 0 aliphatic carbocycles. The van der Waals surface area contributed by atoms with Crippen LogP contribution >= 0.6 is 0 Å². The summed E-state index contributed by atoms with van der Waals surface area (Å²) in [6.07, 6.45) is -4.84. The van der Waals surface area contributed by atoms with Crippen LogP contribution in [0, 0.1) is 0 Å². The monoisotopic (exact) mass is 312 g/mol. The highest BCUT2D eigenvalue weighted by atomic mass is 19.4. The molecule has 0 aliphatic heterocycles. The summed E-state index contributed by atoms with van der Waals surface area (Å²) in [4.78, 5) is 11.2. The minimum atomic E-state index is -4.84. The first-order valence-electron chi connectivity index (χ1n) is 6.08. The molecule has 0 aliphatic rings. The lowest BCUT2D eigenvalue weighted by molar-refractivity contribution is -0.274. The third-order valence-corrected chi connectivity index (χ3v) is 2.85. The average Bonchev–Trinajstić information content (AvgIpc) is 2.45. The molecule has 4 nitrogen and oxygen atoms in total. The molecule has 0 amide bonds. The minimum absolute atomic E-state index is 0.116.